The second-order valence-electron chi connectivity index (χ2n) is 13.8. The quantitative estimate of drug-likeness (QED) is 0.124. The van der Waals surface area contributed by atoms with Gasteiger partial charge >= 0.3 is 11.9 Å². The van der Waals surface area contributed by atoms with Crippen LogP contribution in [0.15, 0.2) is 23.0 Å². The van der Waals surface area contributed by atoms with E-state index in [2.05, 4.69) is 60.1 Å². The third-order valence-electron chi connectivity index (χ3n) is 10.7. The number of aliphatic hydroxyl groups excluding tert-OH is 1. The summed E-state index contributed by atoms with van der Waals surface area (Å²) in [5.41, 5.74) is 11.8. The number of H-pyrrole nitrogens is 3. The van der Waals surface area contributed by atoms with Crippen LogP contribution in [0.3, 0.4) is 0 Å². The highest BCUT2D eigenvalue weighted by Gasteiger charge is 2.48. The number of ether oxygens (including phenoxy) is 2. The highest BCUT2D eigenvalue weighted by molar-refractivity contribution is 6.24. The van der Waals surface area contributed by atoms with Crippen molar-refractivity contribution >= 4 is 41.5 Å². The Labute approximate surface area is 292 Å². The molecule has 10 nitrogen and oxygen atoms in total. The molecule has 8 bridgehead atoms. The van der Waals surface area contributed by atoms with Gasteiger partial charge in [-0.2, -0.15) is 0 Å². The lowest BCUT2D eigenvalue weighted by molar-refractivity contribution is -0.143. The van der Waals surface area contributed by atoms with Crippen LogP contribution in [0.1, 0.15) is 108 Å². The van der Waals surface area contributed by atoms with E-state index >= 15 is 0 Å². The van der Waals surface area contributed by atoms with Crippen LogP contribution in [0.4, 0.5) is 0 Å². The Bertz CT molecular complexity index is 2110. The molecule has 0 saturated carbocycles. The number of hydrogen-bond acceptors (Lipinski definition) is 7. The number of nitrogens with one attached hydrogen (secondary N) is 4. The fourth-order valence-corrected chi connectivity index (χ4v) is 7.92. The van der Waals surface area contributed by atoms with Gasteiger partial charge in [0.05, 0.1) is 19.4 Å². The predicted octanol–water partition coefficient (Wildman–Crippen LogP) is 4.76. The molecule has 5 N–H and O–H groups in total. The fourth-order valence-electron chi connectivity index (χ4n) is 7.92. The molecule has 264 valence electrons. The minimum absolute atomic E-state index is 0.0860. The Balaban J connectivity index is 1.63. The Morgan fingerprint density at radius 2 is 1.60 bits per heavy atom. The minimum Gasteiger partial charge on any atom is -0.468 e. The molecule has 0 radical (unpaired) electrons. The largest absolute Gasteiger partial charge is 0.468 e. The van der Waals surface area contributed by atoms with Gasteiger partial charge < -0.3 is 34.8 Å². The van der Waals surface area contributed by atoms with Gasteiger partial charge in [-0.05, 0) is 93.5 Å². The third kappa shape index (κ3) is 5.89. The zero-order valence-electron chi connectivity index (χ0n) is 30.3. The summed E-state index contributed by atoms with van der Waals surface area (Å²) in [6, 6.07) is 0. The van der Waals surface area contributed by atoms with Gasteiger partial charge in [0.15, 0.2) is 5.78 Å². The number of fused-ring (bicyclic) bond motifs is 7. The molecule has 1 aliphatic carbocycles. The van der Waals surface area contributed by atoms with Crippen molar-refractivity contribution in [3.63, 3.8) is 0 Å². The molecule has 2 aliphatic heterocycles. The number of allylic oxidation sites excluding steroid dienone is 3. The number of esters is 2. The van der Waals surface area contributed by atoms with Crippen molar-refractivity contribution in [2.45, 2.75) is 80.8 Å². The summed E-state index contributed by atoms with van der Waals surface area (Å²) in [4.78, 5) is 51.3. The van der Waals surface area contributed by atoms with Gasteiger partial charge in [0.25, 0.3) is 0 Å². The van der Waals surface area contributed by atoms with Gasteiger partial charge in [-0.25, -0.2) is 0 Å². The Morgan fingerprint density at radius 3 is 2.26 bits per heavy atom. The zero-order valence-corrected chi connectivity index (χ0v) is 30.3. The molecule has 1 fully saturated rings. The molecule has 0 unspecified atom stereocenters. The van der Waals surface area contributed by atoms with Crippen LogP contribution in [0, 0.1) is 31.6 Å². The number of rotatable bonds is 9. The summed E-state index contributed by atoms with van der Waals surface area (Å²) >= 11 is 0. The van der Waals surface area contributed by atoms with E-state index < -0.39 is 11.9 Å². The molecule has 0 spiro atoms. The molecule has 10 heteroatoms. The van der Waals surface area contributed by atoms with Crippen molar-refractivity contribution in [3.05, 3.63) is 89.9 Å². The van der Waals surface area contributed by atoms with Crippen LogP contribution in [-0.4, -0.2) is 51.5 Å². The molecule has 3 aromatic heterocycles. The zero-order chi connectivity index (χ0) is 36.0. The topological polar surface area (TPSA) is 149 Å². The van der Waals surface area contributed by atoms with Gasteiger partial charge in [0, 0.05) is 74.1 Å². The second-order valence-corrected chi connectivity index (χ2v) is 13.8. The van der Waals surface area contributed by atoms with Gasteiger partial charge in [0.1, 0.15) is 12.5 Å². The molecule has 0 aromatic carbocycles. The minimum atomic E-state index is -1.15. The van der Waals surface area contributed by atoms with Crippen LogP contribution in [0.25, 0.3) is 23.8 Å². The average Bonchev–Trinajstić information content (AvgIpc) is 3.83. The van der Waals surface area contributed by atoms with Gasteiger partial charge in [0.2, 0.25) is 0 Å². The average molecular weight is 681 g/mol. The van der Waals surface area contributed by atoms with Gasteiger partial charge in [-0.15, -0.1) is 0 Å². The highest BCUT2D eigenvalue weighted by Crippen LogP contribution is 2.48. The van der Waals surface area contributed by atoms with E-state index in [1.54, 1.807) is 0 Å². The Morgan fingerprint density at radius 1 is 0.920 bits per heavy atom. The summed E-state index contributed by atoms with van der Waals surface area (Å²) < 4.78 is 10.7. The number of carbonyl (C=O) groups excluding carboxylic acids is 3. The Kier molecular flexibility index (Phi) is 9.68. The van der Waals surface area contributed by atoms with Gasteiger partial charge in [-0.1, -0.05) is 26.3 Å². The van der Waals surface area contributed by atoms with Crippen molar-refractivity contribution in [1.29, 1.82) is 0 Å². The van der Waals surface area contributed by atoms with E-state index in [1.165, 1.54) is 12.7 Å². The number of hydrogen-bond donors (Lipinski definition) is 5. The molecule has 3 aromatic rings. The monoisotopic (exact) mass is 680 g/mol. The summed E-state index contributed by atoms with van der Waals surface area (Å²) in [5.74, 6) is -2.71. The number of ketones is 1. The van der Waals surface area contributed by atoms with Crippen LogP contribution >= 0.6 is 0 Å². The van der Waals surface area contributed by atoms with E-state index in [1.807, 2.05) is 32.9 Å². The summed E-state index contributed by atoms with van der Waals surface area (Å²) in [6.45, 7) is 14.3. The Hall–Kier alpha value is -4.83. The van der Waals surface area contributed by atoms with Crippen molar-refractivity contribution < 1.29 is 29.0 Å². The smallest absolute Gasteiger partial charge is 0.321 e. The predicted molar refractivity (Wildman–Crippen MR) is 193 cm³/mol. The summed E-state index contributed by atoms with van der Waals surface area (Å²) in [7, 11) is 1.30. The first-order chi connectivity index (χ1) is 23.9. The van der Waals surface area contributed by atoms with E-state index in [-0.39, 0.29) is 43.2 Å². The first-order valence-corrected chi connectivity index (χ1v) is 17.6. The van der Waals surface area contributed by atoms with Crippen molar-refractivity contribution in [3.8, 4) is 0 Å². The van der Waals surface area contributed by atoms with Crippen LogP contribution < -0.4 is 16.0 Å². The van der Waals surface area contributed by atoms with Crippen molar-refractivity contribution in [1.82, 2.24) is 20.3 Å². The molecule has 6 rings (SSSR count). The first kappa shape index (κ1) is 35.0. The lowest BCUT2D eigenvalue weighted by atomic mass is 9.85. The molecular weight excluding hydrogens is 632 g/mol. The number of aromatic amines is 3. The number of aliphatic hydroxyl groups is 1. The maximum atomic E-state index is 14.2. The maximum absolute atomic E-state index is 14.2. The van der Waals surface area contributed by atoms with Crippen LogP contribution in [0.2, 0.25) is 0 Å². The van der Waals surface area contributed by atoms with Crippen LogP contribution in [-0.2, 0) is 38.5 Å². The SMILES string of the molecule is CCc1c2[nH]c(c1C)/C=C1\N/C(=C3\c4[nH]c(c(C)c4C(=O)[C@@H]3C(=O)OC)/C=c3\[nH]/c(c(CO)c3CC)=C\2)[C@@H](CCC(=O)OCC=C(C)C)[C@@H]1C. The maximum Gasteiger partial charge on any atom is 0.321 e. The van der Waals surface area contributed by atoms with Crippen molar-refractivity contribution in [2.75, 3.05) is 13.7 Å². The highest BCUT2D eigenvalue weighted by atomic mass is 16.5. The van der Waals surface area contributed by atoms with E-state index in [9.17, 15) is 19.5 Å². The van der Waals surface area contributed by atoms with Crippen molar-refractivity contribution in [2.24, 2.45) is 17.8 Å². The van der Waals surface area contributed by atoms with E-state index in [0.29, 0.717) is 29.7 Å². The van der Waals surface area contributed by atoms with Gasteiger partial charge in [-0.3, -0.25) is 14.4 Å². The molecule has 1 saturated heterocycles. The first-order valence-electron chi connectivity index (χ1n) is 17.6. The molecular formula is C40H48N4O6. The second kappa shape index (κ2) is 13.8. The normalized spacial score (nSPS) is 22.9. The van der Waals surface area contributed by atoms with E-state index in [0.717, 1.165) is 73.4 Å². The molecule has 3 atom stereocenters. The number of methoxy groups -OCH3 is 1. The third-order valence-corrected chi connectivity index (χ3v) is 10.7. The van der Waals surface area contributed by atoms with Crippen LogP contribution in [0.5, 0.6) is 0 Å². The number of Topliss-reactive ketones (excluding diaryl/α,β-unsaturated/α-hetero) is 1. The standard InChI is InChI=1S/C40H48N4O6/c1-9-23-20(5)27-15-28-21(6)25(11-12-33(46)50-14-13-19(3)4)37(43-28)35-36(40(48)49-8)39(47)34-22(7)29(44-38(34)35)16-31-24(10-2)26(18-45)32(42-31)17-30(23)41-27/h13,15-17,21,25,36,41-45H,9-12,14,18H2,1-8H3/b28-15-,31-16-,32-17-,37-35-/t21-,25-,36+/m0/s1. The number of aromatic nitrogens is 3. The molecule has 5 heterocycles. The fraction of sp³-hybridized carbons (Fsp3) is 0.425. The lowest BCUT2D eigenvalue weighted by Crippen LogP contribution is -2.25. The summed E-state index contributed by atoms with van der Waals surface area (Å²) in [5, 5.41) is 15.9. The summed E-state index contributed by atoms with van der Waals surface area (Å²) in [6.07, 6.45) is 10.1. The molecule has 50 heavy (non-hydrogen) atoms. The number of carbonyl (C=O) groups is 3. The lowest BCUT2D eigenvalue weighted by Gasteiger charge is -2.19. The van der Waals surface area contributed by atoms with E-state index in [4.69, 9.17) is 9.47 Å². The molecule has 0 amide bonds. The molecule has 3 aliphatic rings.